The Hall–Kier alpha value is -2.36. The fourth-order valence-electron chi connectivity index (χ4n) is 1.68. The van der Waals surface area contributed by atoms with Crippen molar-refractivity contribution in [2.75, 3.05) is 12.8 Å². The van der Waals surface area contributed by atoms with Gasteiger partial charge in [0.2, 0.25) is 5.78 Å². The third kappa shape index (κ3) is 2.32. The predicted molar refractivity (Wildman–Crippen MR) is 69.8 cm³/mol. The molecule has 0 amide bonds. The van der Waals surface area contributed by atoms with Crippen molar-refractivity contribution in [3.05, 3.63) is 53.3 Å². The topological polar surface area (TPSA) is 65.2 Å². The minimum absolute atomic E-state index is 0.171. The highest BCUT2D eigenvalue weighted by molar-refractivity contribution is 6.09. The van der Waals surface area contributed by atoms with Gasteiger partial charge in [-0.05, 0) is 31.2 Å². The number of carbonyl (C=O) groups is 1. The van der Waals surface area contributed by atoms with Gasteiger partial charge >= 0.3 is 0 Å². The number of ketones is 1. The zero-order chi connectivity index (χ0) is 13.1. The molecule has 0 fully saturated rings. The first-order valence-corrected chi connectivity index (χ1v) is 5.52. The standard InChI is InChI=1S/C14H14N2O2/c1-9-3-6-13(18-2)11(7-9)14(17)12-5-4-10(15)8-16-12/h3-8H,15H2,1-2H3. The van der Waals surface area contributed by atoms with Crippen molar-refractivity contribution in [1.29, 1.82) is 0 Å². The lowest BCUT2D eigenvalue weighted by Crippen LogP contribution is -2.06. The van der Waals surface area contributed by atoms with Crippen molar-refractivity contribution in [2.24, 2.45) is 0 Å². The molecule has 0 saturated heterocycles. The van der Waals surface area contributed by atoms with Crippen LogP contribution in [0.15, 0.2) is 36.5 Å². The number of nitrogen functional groups attached to an aromatic ring is 1. The number of pyridine rings is 1. The molecule has 0 unspecified atom stereocenters. The number of methoxy groups -OCH3 is 1. The Balaban J connectivity index is 2.45. The van der Waals surface area contributed by atoms with E-state index in [9.17, 15) is 4.79 Å². The van der Waals surface area contributed by atoms with E-state index in [1.54, 1.807) is 24.3 Å². The summed E-state index contributed by atoms with van der Waals surface area (Å²) < 4.78 is 5.19. The molecule has 1 aromatic heterocycles. The van der Waals surface area contributed by atoms with Gasteiger partial charge in [0.25, 0.3) is 0 Å². The van der Waals surface area contributed by atoms with E-state index in [1.807, 2.05) is 13.0 Å². The van der Waals surface area contributed by atoms with Gasteiger partial charge in [0.05, 0.1) is 24.6 Å². The van der Waals surface area contributed by atoms with Gasteiger partial charge in [0.1, 0.15) is 11.4 Å². The second kappa shape index (κ2) is 4.87. The molecule has 2 rings (SSSR count). The normalized spacial score (nSPS) is 10.1. The van der Waals surface area contributed by atoms with Crippen LogP contribution in [0.2, 0.25) is 0 Å². The minimum atomic E-state index is -0.171. The van der Waals surface area contributed by atoms with E-state index in [-0.39, 0.29) is 5.78 Å². The first kappa shape index (κ1) is 12.1. The van der Waals surface area contributed by atoms with Gasteiger partial charge in [-0.1, -0.05) is 11.6 Å². The van der Waals surface area contributed by atoms with Crippen molar-refractivity contribution < 1.29 is 9.53 Å². The molecule has 1 aromatic carbocycles. The van der Waals surface area contributed by atoms with Crippen molar-refractivity contribution in [2.45, 2.75) is 6.92 Å². The molecule has 0 bridgehead atoms. The van der Waals surface area contributed by atoms with E-state index in [1.165, 1.54) is 13.3 Å². The maximum atomic E-state index is 12.3. The molecule has 0 radical (unpaired) electrons. The van der Waals surface area contributed by atoms with Crippen molar-refractivity contribution in [3.63, 3.8) is 0 Å². The molecule has 18 heavy (non-hydrogen) atoms. The van der Waals surface area contributed by atoms with Crippen LogP contribution in [0.25, 0.3) is 0 Å². The van der Waals surface area contributed by atoms with Crippen LogP contribution in [0.5, 0.6) is 5.75 Å². The Morgan fingerprint density at radius 1 is 1.28 bits per heavy atom. The van der Waals surface area contributed by atoms with Crippen LogP contribution in [0.4, 0.5) is 5.69 Å². The van der Waals surface area contributed by atoms with Crippen molar-refractivity contribution in [1.82, 2.24) is 4.98 Å². The summed E-state index contributed by atoms with van der Waals surface area (Å²) in [6, 6.07) is 8.73. The van der Waals surface area contributed by atoms with Gasteiger partial charge in [-0.15, -0.1) is 0 Å². The molecule has 0 atom stereocenters. The van der Waals surface area contributed by atoms with Crippen LogP contribution in [0, 0.1) is 6.92 Å². The fraction of sp³-hybridized carbons (Fsp3) is 0.143. The highest BCUT2D eigenvalue weighted by Crippen LogP contribution is 2.22. The number of hydrogen-bond acceptors (Lipinski definition) is 4. The molecule has 0 aliphatic carbocycles. The zero-order valence-corrected chi connectivity index (χ0v) is 10.3. The molecule has 0 saturated carbocycles. The maximum Gasteiger partial charge on any atom is 0.215 e. The maximum absolute atomic E-state index is 12.3. The molecule has 92 valence electrons. The van der Waals surface area contributed by atoms with Crippen molar-refractivity contribution >= 4 is 11.5 Å². The van der Waals surface area contributed by atoms with E-state index >= 15 is 0 Å². The lowest BCUT2D eigenvalue weighted by atomic mass is 10.0. The molecule has 0 aliphatic heterocycles. The largest absolute Gasteiger partial charge is 0.496 e. The van der Waals surface area contributed by atoms with Gasteiger partial charge < -0.3 is 10.5 Å². The van der Waals surface area contributed by atoms with E-state index in [0.717, 1.165) is 5.56 Å². The Morgan fingerprint density at radius 3 is 2.67 bits per heavy atom. The average molecular weight is 242 g/mol. The predicted octanol–water partition coefficient (Wildman–Crippen LogP) is 2.21. The molecule has 1 heterocycles. The highest BCUT2D eigenvalue weighted by Gasteiger charge is 2.15. The van der Waals surface area contributed by atoms with Crippen LogP contribution < -0.4 is 10.5 Å². The Morgan fingerprint density at radius 2 is 2.06 bits per heavy atom. The van der Waals surface area contributed by atoms with Gasteiger partial charge in [0, 0.05) is 0 Å². The molecule has 4 heteroatoms. The van der Waals surface area contributed by atoms with Crippen LogP contribution >= 0.6 is 0 Å². The monoisotopic (exact) mass is 242 g/mol. The summed E-state index contributed by atoms with van der Waals surface area (Å²) in [4.78, 5) is 16.3. The molecule has 0 spiro atoms. The third-order valence-electron chi connectivity index (χ3n) is 2.62. The third-order valence-corrected chi connectivity index (χ3v) is 2.62. The number of ether oxygens (including phenoxy) is 1. The highest BCUT2D eigenvalue weighted by atomic mass is 16.5. The Bertz CT molecular complexity index is 577. The Labute approximate surface area is 105 Å². The van der Waals surface area contributed by atoms with Crippen LogP contribution in [0.1, 0.15) is 21.6 Å². The molecular weight excluding hydrogens is 228 g/mol. The van der Waals surface area contributed by atoms with Gasteiger partial charge in [-0.2, -0.15) is 0 Å². The van der Waals surface area contributed by atoms with Gasteiger partial charge in [-0.25, -0.2) is 0 Å². The first-order valence-electron chi connectivity index (χ1n) is 5.52. The summed E-state index contributed by atoms with van der Waals surface area (Å²) in [6.45, 7) is 1.92. The number of anilines is 1. The van der Waals surface area contributed by atoms with E-state index in [4.69, 9.17) is 10.5 Å². The number of nitrogens with two attached hydrogens (primary N) is 1. The van der Waals surface area contributed by atoms with Crippen molar-refractivity contribution in [3.8, 4) is 5.75 Å². The summed E-state index contributed by atoms with van der Waals surface area (Å²) in [5.41, 5.74) is 7.94. The lowest BCUT2D eigenvalue weighted by Gasteiger charge is -2.08. The van der Waals surface area contributed by atoms with Crippen LogP contribution in [0.3, 0.4) is 0 Å². The fourth-order valence-corrected chi connectivity index (χ4v) is 1.68. The number of aromatic nitrogens is 1. The van der Waals surface area contributed by atoms with E-state index < -0.39 is 0 Å². The van der Waals surface area contributed by atoms with Crippen LogP contribution in [-0.2, 0) is 0 Å². The summed E-state index contributed by atoms with van der Waals surface area (Å²) in [7, 11) is 1.54. The second-order valence-electron chi connectivity index (χ2n) is 4.01. The zero-order valence-electron chi connectivity index (χ0n) is 10.3. The number of rotatable bonds is 3. The first-order chi connectivity index (χ1) is 8.61. The summed E-state index contributed by atoms with van der Waals surface area (Å²) in [5, 5.41) is 0. The second-order valence-corrected chi connectivity index (χ2v) is 4.01. The molecule has 4 nitrogen and oxygen atoms in total. The smallest absolute Gasteiger partial charge is 0.215 e. The van der Waals surface area contributed by atoms with E-state index in [2.05, 4.69) is 4.98 Å². The number of carbonyl (C=O) groups excluding carboxylic acids is 1. The average Bonchev–Trinajstić information content (AvgIpc) is 2.39. The minimum Gasteiger partial charge on any atom is -0.496 e. The quantitative estimate of drug-likeness (QED) is 0.838. The number of hydrogen-bond donors (Lipinski definition) is 1. The van der Waals surface area contributed by atoms with E-state index in [0.29, 0.717) is 22.7 Å². The molecule has 0 aliphatic rings. The molecular formula is C14H14N2O2. The Kier molecular flexibility index (Phi) is 3.28. The summed E-state index contributed by atoms with van der Waals surface area (Å²) in [5.74, 6) is 0.375. The SMILES string of the molecule is COc1ccc(C)cc1C(=O)c1ccc(N)cn1. The van der Waals surface area contributed by atoms with Crippen LogP contribution in [-0.4, -0.2) is 17.9 Å². The number of benzene rings is 1. The molecule has 2 aromatic rings. The number of aryl methyl sites for hydroxylation is 1. The summed E-state index contributed by atoms with van der Waals surface area (Å²) >= 11 is 0. The van der Waals surface area contributed by atoms with Gasteiger partial charge in [-0.3, -0.25) is 9.78 Å². The lowest BCUT2D eigenvalue weighted by molar-refractivity contribution is 0.103. The summed E-state index contributed by atoms with van der Waals surface area (Å²) in [6.07, 6.45) is 1.47. The number of nitrogens with zero attached hydrogens (tertiary/aromatic N) is 1. The van der Waals surface area contributed by atoms with Gasteiger partial charge in [0.15, 0.2) is 0 Å². The molecule has 2 N–H and O–H groups in total.